The van der Waals surface area contributed by atoms with Crippen LogP contribution in [0.3, 0.4) is 0 Å². The molecule has 1 amide bonds. The number of carbonyl (C=O) groups is 1. The summed E-state index contributed by atoms with van der Waals surface area (Å²) in [6.45, 7) is 4.40. The lowest BCUT2D eigenvalue weighted by molar-refractivity contribution is -0.116. The molecule has 0 aliphatic rings. The van der Waals surface area contributed by atoms with Gasteiger partial charge >= 0.3 is 0 Å². The minimum atomic E-state index is -0.117. The molecule has 112 valence electrons. The molecule has 0 bridgehead atoms. The highest BCUT2D eigenvalue weighted by Gasteiger charge is 2.04. The van der Waals surface area contributed by atoms with Gasteiger partial charge in [-0.2, -0.15) is 5.26 Å². The highest BCUT2D eigenvalue weighted by atomic mass is 16.5. The molecule has 0 saturated carbocycles. The van der Waals surface area contributed by atoms with Crippen LogP contribution in [0, 0.1) is 25.2 Å². The second kappa shape index (κ2) is 7.28. The van der Waals surface area contributed by atoms with Crippen LogP contribution in [0.25, 0.3) is 0 Å². The molecule has 0 spiro atoms. The topological polar surface area (TPSA) is 62.1 Å². The molecule has 0 unspecified atom stereocenters. The largest absolute Gasteiger partial charge is 0.493 e. The minimum absolute atomic E-state index is 0.117. The number of carbonyl (C=O) groups excluding carboxylic acids is 1. The van der Waals surface area contributed by atoms with Gasteiger partial charge in [-0.15, -0.1) is 0 Å². The van der Waals surface area contributed by atoms with E-state index in [-0.39, 0.29) is 12.3 Å². The number of nitrogens with one attached hydrogen (secondary N) is 1. The first-order valence-electron chi connectivity index (χ1n) is 7.08. The lowest BCUT2D eigenvalue weighted by Gasteiger charge is -2.09. The van der Waals surface area contributed by atoms with E-state index in [2.05, 4.69) is 5.32 Å². The molecule has 0 aliphatic carbocycles. The predicted molar refractivity (Wildman–Crippen MR) is 85.8 cm³/mol. The third-order valence-corrected chi connectivity index (χ3v) is 3.37. The Labute approximate surface area is 130 Å². The summed E-state index contributed by atoms with van der Waals surface area (Å²) in [6, 6.07) is 14.7. The van der Waals surface area contributed by atoms with Gasteiger partial charge in [0.15, 0.2) is 0 Å². The van der Waals surface area contributed by atoms with E-state index in [9.17, 15) is 4.79 Å². The Morgan fingerprint density at radius 3 is 2.50 bits per heavy atom. The van der Waals surface area contributed by atoms with Crippen molar-refractivity contribution in [1.29, 1.82) is 5.26 Å². The summed E-state index contributed by atoms with van der Waals surface area (Å²) < 4.78 is 5.58. The van der Waals surface area contributed by atoms with Crippen LogP contribution in [0.15, 0.2) is 42.5 Å². The molecule has 22 heavy (non-hydrogen) atoms. The van der Waals surface area contributed by atoms with Crippen LogP contribution in [0.1, 0.15) is 23.1 Å². The number of anilines is 1. The Hall–Kier alpha value is -2.80. The molecule has 4 nitrogen and oxygen atoms in total. The van der Waals surface area contributed by atoms with Crippen molar-refractivity contribution in [2.45, 2.75) is 20.3 Å². The van der Waals surface area contributed by atoms with E-state index in [1.807, 2.05) is 38.1 Å². The van der Waals surface area contributed by atoms with Crippen LogP contribution >= 0.6 is 0 Å². The third kappa shape index (κ3) is 4.35. The molecule has 0 aliphatic heterocycles. The molecule has 1 N–H and O–H groups in total. The lowest BCUT2D eigenvalue weighted by atomic mass is 10.1. The van der Waals surface area contributed by atoms with Gasteiger partial charge in [0.05, 0.1) is 24.7 Å². The Kier molecular flexibility index (Phi) is 5.16. The van der Waals surface area contributed by atoms with E-state index in [1.54, 1.807) is 24.3 Å². The SMILES string of the molecule is Cc1ccc(OCCC(=O)Nc2ccc(C#N)cc2)cc1C. The number of hydrogen-bond donors (Lipinski definition) is 1. The monoisotopic (exact) mass is 294 g/mol. The van der Waals surface area contributed by atoms with Crippen molar-refractivity contribution in [3.8, 4) is 11.8 Å². The Bertz CT molecular complexity index is 700. The van der Waals surface area contributed by atoms with Crippen molar-refractivity contribution < 1.29 is 9.53 Å². The highest BCUT2D eigenvalue weighted by molar-refractivity contribution is 5.90. The maximum absolute atomic E-state index is 11.8. The fourth-order valence-electron chi connectivity index (χ4n) is 1.92. The van der Waals surface area contributed by atoms with Gasteiger partial charge in [-0.25, -0.2) is 0 Å². The molecule has 2 aromatic rings. The smallest absolute Gasteiger partial charge is 0.227 e. The standard InChI is InChI=1S/C18H18N2O2/c1-13-3-8-17(11-14(13)2)22-10-9-18(21)20-16-6-4-15(12-19)5-7-16/h3-8,11H,9-10H2,1-2H3,(H,20,21). The van der Waals surface area contributed by atoms with E-state index in [0.29, 0.717) is 17.9 Å². The predicted octanol–water partition coefficient (Wildman–Crippen LogP) is 3.58. The van der Waals surface area contributed by atoms with Crippen LogP contribution in [0.5, 0.6) is 5.75 Å². The van der Waals surface area contributed by atoms with Gasteiger partial charge in [0.2, 0.25) is 5.91 Å². The zero-order chi connectivity index (χ0) is 15.9. The summed E-state index contributed by atoms with van der Waals surface area (Å²) in [5.41, 5.74) is 3.62. The molecule has 0 radical (unpaired) electrons. The van der Waals surface area contributed by atoms with Crippen molar-refractivity contribution in [3.05, 3.63) is 59.2 Å². The van der Waals surface area contributed by atoms with Gasteiger partial charge in [-0.1, -0.05) is 6.07 Å². The van der Waals surface area contributed by atoms with Gasteiger partial charge in [0.1, 0.15) is 5.75 Å². The molecule has 0 saturated heterocycles. The van der Waals surface area contributed by atoms with Crippen molar-refractivity contribution >= 4 is 11.6 Å². The number of benzene rings is 2. The fraction of sp³-hybridized carbons (Fsp3) is 0.222. The summed E-state index contributed by atoms with van der Waals surface area (Å²) in [7, 11) is 0. The molecule has 0 aromatic heterocycles. The van der Waals surface area contributed by atoms with Crippen molar-refractivity contribution in [1.82, 2.24) is 0 Å². The van der Waals surface area contributed by atoms with Gasteiger partial charge < -0.3 is 10.1 Å². The van der Waals surface area contributed by atoms with Gasteiger partial charge in [-0.05, 0) is 61.4 Å². The molecule has 2 aromatic carbocycles. The third-order valence-electron chi connectivity index (χ3n) is 3.37. The molecule has 0 heterocycles. The van der Waals surface area contributed by atoms with Crippen molar-refractivity contribution in [2.24, 2.45) is 0 Å². The average molecular weight is 294 g/mol. The first-order chi connectivity index (χ1) is 10.6. The Morgan fingerprint density at radius 1 is 1.14 bits per heavy atom. The second-order valence-electron chi connectivity index (χ2n) is 5.08. The number of nitriles is 1. The quantitative estimate of drug-likeness (QED) is 0.916. The van der Waals surface area contributed by atoms with E-state index in [1.165, 1.54) is 11.1 Å². The summed E-state index contributed by atoms with van der Waals surface area (Å²) in [6.07, 6.45) is 0.271. The molecule has 4 heteroatoms. The number of aryl methyl sites for hydroxylation is 2. The fourth-order valence-corrected chi connectivity index (χ4v) is 1.92. The van der Waals surface area contributed by atoms with Crippen LogP contribution in [0.2, 0.25) is 0 Å². The van der Waals surface area contributed by atoms with Crippen LogP contribution in [0.4, 0.5) is 5.69 Å². The van der Waals surface area contributed by atoms with Crippen LogP contribution in [-0.4, -0.2) is 12.5 Å². The minimum Gasteiger partial charge on any atom is -0.493 e. The van der Waals surface area contributed by atoms with E-state index >= 15 is 0 Å². The Morgan fingerprint density at radius 2 is 1.86 bits per heavy atom. The van der Waals surface area contributed by atoms with E-state index in [4.69, 9.17) is 10.00 Å². The van der Waals surface area contributed by atoms with Gasteiger partial charge in [0, 0.05) is 5.69 Å². The number of amides is 1. The zero-order valence-electron chi connectivity index (χ0n) is 12.7. The lowest BCUT2D eigenvalue weighted by Crippen LogP contribution is -2.15. The van der Waals surface area contributed by atoms with Gasteiger partial charge in [0.25, 0.3) is 0 Å². The molecule has 2 rings (SSSR count). The first kappa shape index (κ1) is 15.6. The molecule has 0 atom stereocenters. The molecular weight excluding hydrogens is 276 g/mol. The number of hydrogen-bond acceptors (Lipinski definition) is 3. The second-order valence-corrected chi connectivity index (χ2v) is 5.08. The van der Waals surface area contributed by atoms with Crippen molar-refractivity contribution in [3.63, 3.8) is 0 Å². The summed E-state index contributed by atoms with van der Waals surface area (Å²) in [5, 5.41) is 11.5. The summed E-state index contributed by atoms with van der Waals surface area (Å²) >= 11 is 0. The maximum atomic E-state index is 11.8. The van der Waals surface area contributed by atoms with Crippen LogP contribution in [-0.2, 0) is 4.79 Å². The normalized spacial score (nSPS) is 9.86. The summed E-state index contributed by atoms with van der Waals surface area (Å²) in [4.78, 5) is 11.8. The van der Waals surface area contributed by atoms with Crippen molar-refractivity contribution in [2.75, 3.05) is 11.9 Å². The van der Waals surface area contributed by atoms with Gasteiger partial charge in [-0.3, -0.25) is 4.79 Å². The number of rotatable bonds is 5. The average Bonchev–Trinajstić information content (AvgIpc) is 2.51. The molecule has 0 fully saturated rings. The van der Waals surface area contributed by atoms with Crippen LogP contribution < -0.4 is 10.1 Å². The summed E-state index contributed by atoms with van der Waals surface area (Å²) in [5.74, 6) is 0.655. The van der Waals surface area contributed by atoms with E-state index in [0.717, 1.165) is 5.75 Å². The number of ether oxygens (including phenoxy) is 1. The number of nitrogens with zero attached hydrogens (tertiary/aromatic N) is 1. The first-order valence-corrected chi connectivity index (χ1v) is 7.08. The highest BCUT2D eigenvalue weighted by Crippen LogP contribution is 2.16. The maximum Gasteiger partial charge on any atom is 0.227 e. The Balaban J connectivity index is 1.80. The zero-order valence-corrected chi connectivity index (χ0v) is 12.7. The molecular formula is C18H18N2O2. The van der Waals surface area contributed by atoms with E-state index < -0.39 is 0 Å².